The van der Waals surface area contributed by atoms with Gasteiger partial charge < -0.3 is 19.7 Å². The highest BCUT2D eigenvalue weighted by Gasteiger charge is 2.39. The maximum absolute atomic E-state index is 10.3. The minimum absolute atomic E-state index is 0.120. The number of anilines is 1. The van der Waals surface area contributed by atoms with Crippen molar-refractivity contribution in [1.29, 1.82) is 0 Å². The van der Waals surface area contributed by atoms with Crippen LogP contribution >= 0.6 is 0 Å². The maximum Gasteiger partial charge on any atom is 0.202 e. The minimum atomic E-state index is -0.773. The molecule has 2 unspecified atom stereocenters. The number of hydrogen-bond donors (Lipinski definition) is 2. The predicted octanol–water partition coefficient (Wildman–Crippen LogP) is 0.855. The quantitative estimate of drug-likeness (QED) is 0.797. The highest BCUT2D eigenvalue weighted by atomic mass is 16.5. The van der Waals surface area contributed by atoms with Crippen LogP contribution in [0.2, 0.25) is 0 Å². The number of aliphatic hydroxyl groups is 1. The molecule has 1 aliphatic rings. The van der Waals surface area contributed by atoms with Crippen molar-refractivity contribution < 1.29 is 9.84 Å². The molecule has 2 heterocycles. The van der Waals surface area contributed by atoms with Gasteiger partial charge in [0.05, 0.1) is 6.10 Å². The SMILES string of the molecule is CCn1ccnc1NCC1(O)CCOC1C. The molecule has 2 rings (SSSR count). The van der Waals surface area contributed by atoms with Crippen LogP contribution in [0.3, 0.4) is 0 Å². The lowest BCUT2D eigenvalue weighted by Gasteiger charge is -2.26. The first-order valence-corrected chi connectivity index (χ1v) is 5.74. The number of imidazole rings is 1. The van der Waals surface area contributed by atoms with Gasteiger partial charge in [0.2, 0.25) is 5.95 Å². The molecule has 0 aromatic carbocycles. The standard InChI is InChI=1S/C11H19N3O2/c1-3-14-6-5-12-10(14)13-8-11(15)4-7-16-9(11)2/h5-6,9,15H,3-4,7-8H2,1-2H3,(H,12,13). The van der Waals surface area contributed by atoms with Crippen molar-refractivity contribution in [3.05, 3.63) is 12.4 Å². The van der Waals surface area contributed by atoms with Crippen LogP contribution in [0.4, 0.5) is 5.95 Å². The van der Waals surface area contributed by atoms with Gasteiger partial charge in [-0.1, -0.05) is 0 Å². The maximum atomic E-state index is 10.3. The highest BCUT2D eigenvalue weighted by Crippen LogP contribution is 2.25. The van der Waals surface area contributed by atoms with Gasteiger partial charge in [0.1, 0.15) is 5.60 Å². The molecular formula is C11H19N3O2. The summed E-state index contributed by atoms with van der Waals surface area (Å²) in [7, 11) is 0. The summed E-state index contributed by atoms with van der Waals surface area (Å²) < 4.78 is 7.38. The Morgan fingerprint density at radius 3 is 3.19 bits per heavy atom. The van der Waals surface area contributed by atoms with Crippen LogP contribution in [0, 0.1) is 0 Å². The molecule has 5 nitrogen and oxygen atoms in total. The molecule has 0 aliphatic carbocycles. The first-order valence-electron chi connectivity index (χ1n) is 5.74. The van der Waals surface area contributed by atoms with Crippen LogP contribution in [0.5, 0.6) is 0 Å². The van der Waals surface area contributed by atoms with Crippen molar-refractivity contribution in [3.8, 4) is 0 Å². The van der Waals surface area contributed by atoms with Crippen LogP contribution < -0.4 is 5.32 Å². The third kappa shape index (κ3) is 2.05. The Kier molecular flexibility index (Phi) is 3.16. The fourth-order valence-corrected chi connectivity index (χ4v) is 1.97. The largest absolute Gasteiger partial charge is 0.385 e. The third-order valence-corrected chi connectivity index (χ3v) is 3.27. The molecule has 1 aliphatic heterocycles. The summed E-state index contributed by atoms with van der Waals surface area (Å²) in [4.78, 5) is 4.20. The van der Waals surface area contributed by atoms with Crippen LogP contribution in [0.15, 0.2) is 12.4 Å². The van der Waals surface area contributed by atoms with Crippen molar-refractivity contribution in [2.45, 2.75) is 38.5 Å². The number of nitrogens with one attached hydrogen (secondary N) is 1. The van der Waals surface area contributed by atoms with Gasteiger partial charge in [-0.2, -0.15) is 0 Å². The van der Waals surface area contributed by atoms with Crippen LogP contribution in [-0.4, -0.2) is 39.5 Å². The average Bonchev–Trinajstić information content (AvgIpc) is 2.84. The number of ether oxygens (including phenoxy) is 1. The molecule has 1 saturated heterocycles. The summed E-state index contributed by atoms with van der Waals surface area (Å²) in [5.41, 5.74) is -0.773. The molecular weight excluding hydrogens is 206 g/mol. The van der Waals surface area contributed by atoms with E-state index in [4.69, 9.17) is 4.74 Å². The first-order chi connectivity index (χ1) is 7.65. The number of nitrogens with zero attached hydrogens (tertiary/aromatic N) is 2. The lowest BCUT2D eigenvalue weighted by atomic mass is 9.97. The van der Waals surface area contributed by atoms with Gasteiger partial charge in [0, 0.05) is 38.5 Å². The Hall–Kier alpha value is -1.07. The summed E-state index contributed by atoms with van der Waals surface area (Å²) in [6.07, 6.45) is 4.23. The van der Waals surface area contributed by atoms with Crippen LogP contribution in [0.1, 0.15) is 20.3 Å². The molecule has 1 aromatic rings. The summed E-state index contributed by atoms with van der Waals surface area (Å²) in [5.74, 6) is 0.801. The van der Waals surface area contributed by atoms with Crippen LogP contribution in [0.25, 0.3) is 0 Å². The molecule has 1 fully saturated rings. The molecule has 0 saturated carbocycles. The van der Waals surface area contributed by atoms with Gasteiger partial charge >= 0.3 is 0 Å². The van der Waals surface area contributed by atoms with Gasteiger partial charge in [-0.25, -0.2) is 4.98 Å². The third-order valence-electron chi connectivity index (χ3n) is 3.27. The van der Waals surface area contributed by atoms with Crippen molar-refractivity contribution in [2.24, 2.45) is 0 Å². The fraction of sp³-hybridized carbons (Fsp3) is 0.727. The molecule has 0 amide bonds. The van der Waals surface area contributed by atoms with Crippen molar-refractivity contribution in [2.75, 3.05) is 18.5 Å². The second kappa shape index (κ2) is 4.43. The van der Waals surface area contributed by atoms with E-state index in [0.29, 0.717) is 19.6 Å². The highest BCUT2D eigenvalue weighted by molar-refractivity contribution is 5.27. The average molecular weight is 225 g/mol. The van der Waals surface area contributed by atoms with E-state index in [1.807, 2.05) is 17.7 Å². The molecule has 0 spiro atoms. The Bertz CT molecular complexity index is 353. The van der Waals surface area contributed by atoms with E-state index < -0.39 is 5.60 Å². The van der Waals surface area contributed by atoms with Gasteiger partial charge in [-0.3, -0.25) is 0 Å². The number of rotatable bonds is 4. The van der Waals surface area contributed by atoms with E-state index in [2.05, 4.69) is 17.2 Å². The fourth-order valence-electron chi connectivity index (χ4n) is 1.97. The molecule has 16 heavy (non-hydrogen) atoms. The lowest BCUT2D eigenvalue weighted by molar-refractivity contribution is -0.0177. The smallest absolute Gasteiger partial charge is 0.202 e. The summed E-state index contributed by atoms with van der Waals surface area (Å²) in [6, 6.07) is 0. The summed E-state index contributed by atoms with van der Waals surface area (Å²) in [6.45, 7) is 5.93. The zero-order valence-corrected chi connectivity index (χ0v) is 9.81. The van der Waals surface area contributed by atoms with E-state index in [1.54, 1.807) is 6.20 Å². The Labute approximate surface area is 95.4 Å². The van der Waals surface area contributed by atoms with Crippen molar-refractivity contribution >= 4 is 5.95 Å². The van der Waals surface area contributed by atoms with E-state index in [9.17, 15) is 5.11 Å². The molecule has 2 atom stereocenters. The molecule has 2 N–H and O–H groups in total. The number of hydrogen-bond acceptors (Lipinski definition) is 4. The molecule has 90 valence electrons. The molecule has 0 radical (unpaired) electrons. The molecule has 1 aromatic heterocycles. The topological polar surface area (TPSA) is 59.3 Å². The van der Waals surface area contributed by atoms with Gasteiger partial charge in [0.25, 0.3) is 0 Å². The van der Waals surface area contributed by atoms with E-state index in [0.717, 1.165) is 12.5 Å². The van der Waals surface area contributed by atoms with Crippen molar-refractivity contribution in [3.63, 3.8) is 0 Å². The normalized spacial score (nSPS) is 29.6. The Morgan fingerprint density at radius 2 is 2.56 bits per heavy atom. The van der Waals surface area contributed by atoms with E-state index in [-0.39, 0.29) is 6.10 Å². The monoisotopic (exact) mass is 225 g/mol. The zero-order chi connectivity index (χ0) is 11.6. The molecule has 0 bridgehead atoms. The number of aryl methyl sites for hydroxylation is 1. The van der Waals surface area contributed by atoms with Gasteiger partial charge in [-0.15, -0.1) is 0 Å². The van der Waals surface area contributed by atoms with E-state index in [1.165, 1.54) is 0 Å². The minimum Gasteiger partial charge on any atom is -0.385 e. The van der Waals surface area contributed by atoms with Gasteiger partial charge in [0.15, 0.2) is 0 Å². The van der Waals surface area contributed by atoms with Crippen LogP contribution in [-0.2, 0) is 11.3 Å². The predicted molar refractivity (Wildman–Crippen MR) is 61.4 cm³/mol. The van der Waals surface area contributed by atoms with Crippen molar-refractivity contribution in [1.82, 2.24) is 9.55 Å². The lowest BCUT2D eigenvalue weighted by Crippen LogP contribution is -2.43. The first kappa shape index (κ1) is 11.4. The second-order valence-electron chi connectivity index (χ2n) is 4.26. The molecule has 5 heteroatoms. The second-order valence-corrected chi connectivity index (χ2v) is 4.26. The summed E-state index contributed by atoms with van der Waals surface area (Å²) in [5, 5.41) is 13.5. The Balaban J connectivity index is 1.97. The zero-order valence-electron chi connectivity index (χ0n) is 9.81. The summed E-state index contributed by atoms with van der Waals surface area (Å²) >= 11 is 0. The van der Waals surface area contributed by atoms with Gasteiger partial charge in [-0.05, 0) is 13.8 Å². The number of aromatic nitrogens is 2. The van der Waals surface area contributed by atoms with E-state index >= 15 is 0 Å². The Morgan fingerprint density at radius 1 is 1.75 bits per heavy atom.